The van der Waals surface area contributed by atoms with Gasteiger partial charge in [-0.2, -0.15) is 4.98 Å². The molecule has 3 aromatic rings. The van der Waals surface area contributed by atoms with Crippen LogP contribution in [0, 0.1) is 10.1 Å². The topological polar surface area (TPSA) is 141 Å². The molecule has 11 heteroatoms. The molecule has 4 rings (SSSR count). The minimum absolute atomic E-state index is 0.0998. The smallest absolute Gasteiger partial charge is 0.373 e. The molecule has 11 nitrogen and oxygen atoms in total. The summed E-state index contributed by atoms with van der Waals surface area (Å²) in [6, 6.07) is 12.3. The van der Waals surface area contributed by atoms with Gasteiger partial charge >= 0.3 is 11.6 Å². The van der Waals surface area contributed by atoms with E-state index in [1.165, 1.54) is 6.33 Å². The van der Waals surface area contributed by atoms with Crippen LogP contribution in [0.4, 0.5) is 17.3 Å². The van der Waals surface area contributed by atoms with Gasteiger partial charge in [-0.25, -0.2) is 9.97 Å². The highest BCUT2D eigenvalue weighted by atomic mass is 16.6. The summed E-state index contributed by atoms with van der Waals surface area (Å²) in [4.78, 5) is 38.9. The van der Waals surface area contributed by atoms with Crippen LogP contribution in [0.25, 0.3) is 0 Å². The summed E-state index contributed by atoms with van der Waals surface area (Å²) in [6.07, 6.45) is 3.09. The average Bonchev–Trinajstić information content (AvgIpc) is 2.80. The Bertz CT molecular complexity index is 1100. The van der Waals surface area contributed by atoms with Crippen molar-refractivity contribution in [3.8, 4) is 11.6 Å². The van der Waals surface area contributed by atoms with E-state index in [4.69, 9.17) is 10.5 Å². The van der Waals surface area contributed by atoms with Crippen molar-refractivity contribution in [3.63, 3.8) is 0 Å². The predicted octanol–water partition coefficient (Wildman–Crippen LogP) is 1.93. The van der Waals surface area contributed by atoms with E-state index in [0.717, 1.165) is 5.82 Å². The van der Waals surface area contributed by atoms with E-state index in [2.05, 4.69) is 19.9 Å². The summed E-state index contributed by atoms with van der Waals surface area (Å²) in [7, 11) is 0. The number of benzene rings is 1. The van der Waals surface area contributed by atoms with Crippen LogP contribution in [0.3, 0.4) is 0 Å². The van der Waals surface area contributed by atoms with Crippen molar-refractivity contribution in [2.24, 2.45) is 5.73 Å². The summed E-state index contributed by atoms with van der Waals surface area (Å²) >= 11 is 0. The Balaban J connectivity index is 1.52. The van der Waals surface area contributed by atoms with Gasteiger partial charge in [-0.1, -0.05) is 18.2 Å². The Morgan fingerprint density at radius 1 is 1.03 bits per heavy atom. The summed E-state index contributed by atoms with van der Waals surface area (Å²) in [5, 5.41) is 11.9. The van der Waals surface area contributed by atoms with Crippen LogP contribution in [-0.2, 0) is 11.2 Å². The van der Waals surface area contributed by atoms with Crippen LogP contribution in [0.15, 0.2) is 55.0 Å². The quantitative estimate of drug-likeness (QED) is 0.435. The largest absolute Gasteiger partial charge is 0.434 e. The highest BCUT2D eigenvalue weighted by Gasteiger charge is 2.30. The van der Waals surface area contributed by atoms with Crippen molar-refractivity contribution in [3.05, 3.63) is 70.7 Å². The first-order valence-corrected chi connectivity index (χ1v) is 9.96. The molecule has 1 aliphatic heterocycles. The Hall–Kier alpha value is -4.28. The van der Waals surface area contributed by atoms with Crippen molar-refractivity contribution in [2.75, 3.05) is 36.0 Å². The number of piperazine rings is 1. The monoisotopic (exact) mass is 435 g/mol. The van der Waals surface area contributed by atoms with Gasteiger partial charge in [0.2, 0.25) is 11.7 Å². The second-order valence-electron chi connectivity index (χ2n) is 7.16. The number of hydrogen-bond acceptors (Lipinski definition) is 9. The lowest BCUT2D eigenvalue weighted by molar-refractivity contribution is -0.385. The fourth-order valence-electron chi connectivity index (χ4n) is 3.50. The minimum atomic E-state index is -0.531. The van der Waals surface area contributed by atoms with Gasteiger partial charge < -0.3 is 20.3 Å². The Kier molecular flexibility index (Phi) is 6.06. The summed E-state index contributed by atoms with van der Waals surface area (Å²) < 4.78 is 5.70. The standard InChI is InChI=1S/C21H21N7O4/c22-17(29)13-15-4-6-16(7-5-15)32-21-19(28(30)31)20(24-14-25-21)27-11-9-26(10-12-27)18-3-1-2-8-23-18/h1-8,14H,9-13H2,(H2,22,29). The molecule has 2 N–H and O–H groups in total. The molecule has 0 atom stereocenters. The van der Waals surface area contributed by atoms with Gasteiger partial charge in [0.1, 0.15) is 17.9 Å². The lowest BCUT2D eigenvalue weighted by Crippen LogP contribution is -2.47. The third-order valence-electron chi connectivity index (χ3n) is 5.02. The Morgan fingerprint density at radius 3 is 2.38 bits per heavy atom. The first kappa shape index (κ1) is 21.0. The number of amides is 1. The molecule has 0 bridgehead atoms. The van der Waals surface area contributed by atoms with Crippen LogP contribution in [-0.4, -0.2) is 52.0 Å². The number of aromatic nitrogens is 3. The third kappa shape index (κ3) is 4.72. The number of carbonyl (C=O) groups is 1. The number of hydrogen-bond donors (Lipinski definition) is 1. The zero-order chi connectivity index (χ0) is 22.5. The SMILES string of the molecule is NC(=O)Cc1ccc(Oc2ncnc(N3CCN(c4ccccn4)CC3)c2[N+](=O)[O-])cc1. The fourth-order valence-corrected chi connectivity index (χ4v) is 3.50. The number of carbonyl (C=O) groups excluding carboxylic acids is 1. The van der Waals surface area contributed by atoms with E-state index in [-0.39, 0.29) is 23.8 Å². The van der Waals surface area contributed by atoms with Crippen molar-refractivity contribution in [1.29, 1.82) is 0 Å². The number of nitrogens with zero attached hydrogens (tertiary/aromatic N) is 6. The molecule has 0 saturated carbocycles. The second kappa shape index (κ2) is 9.25. The van der Waals surface area contributed by atoms with E-state index in [0.29, 0.717) is 37.5 Å². The molecule has 0 aliphatic carbocycles. The average molecular weight is 435 g/mol. The maximum absolute atomic E-state index is 11.9. The van der Waals surface area contributed by atoms with Gasteiger partial charge in [0, 0.05) is 32.4 Å². The molecule has 0 unspecified atom stereocenters. The molecule has 0 radical (unpaired) electrons. The molecular weight excluding hydrogens is 414 g/mol. The third-order valence-corrected chi connectivity index (χ3v) is 5.02. The number of ether oxygens (including phenoxy) is 1. The van der Waals surface area contributed by atoms with E-state index in [9.17, 15) is 14.9 Å². The summed E-state index contributed by atoms with van der Waals surface area (Å²) in [5.41, 5.74) is 5.62. The second-order valence-corrected chi connectivity index (χ2v) is 7.16. The van der Waals surface area contributed by atoms with Crippen LogP contribution >= 0.6 is 0 Å². The van der Waals surface area contributed by atoms with Gasteiger partial charge in [-0.05, 0) is 29.8 Å². The van der Waals surface area contributed by atoms with Crippen molar-refractivity contribution < 1.29 is 14.5 Å². The summed E-state index contributed by atoms with van der Waals surface area (Å²) in [5.74, 6) is 0.845. The number of nitro groups is 1. The van der Waals surface area contributed by atoms with Crippen LogP contribution in [0.2, 0.25) is 0 Å². The van der Waals surface area contributed by atoms with Gasteiger partial charge in [0.15, 0.2) is 0 Å². The molecule has 164 valence electrons. The van der Waals surface area contributed by atoms with Gasteiger partial charge in [0.25, 0.3) is 0 Å². The molecule has 0 spiro atoms. The lowest BCUT2D eigenvalue weighted by atomic mass is 10.1. The molecule has 1 fully saturated rings. The Labute approximate surface area is 183 Å². The molecule has 32 heavy (non-hydrogen) atoms. The maximum atomic E-state index is 11.9. The molecule has 1 aromatic carbocycles. The number of nitrogens with two attached hydrogens (primary N) is 1. The normalized spacial score (nSPS) is 13.6. The van der Waals surface area contributed by atoms with Crippen molar-refractivity contribution in [2.45, 2.75) is 6.42 Å². The number of primary amides is 1. The van der Waals surface area contributed by atoms with Crippen LogP contribution in [0.5, 0.6) is 11.6 Å². The predicted molar refractivity (Wildman–Crippen MR) is 117 cm³/mol. The minimum Gasteiger partial charge on any atom is -0.434 e. The van der Waals surface area contributed by atoms with E-state index < -0.39 is 10.8 Å². The van der Waals surface area contributed by atoms with Gasteiger partial charge in [-0.3, -0.25) is 14.9 Å². The maximum Gasteiger partial charge on any atom is 0.373 e. The van der Waals surface area contributed by atoms with Crippen molar-refractivity contribution >= 4 is 23.2 Å². The molecule has 1 saturated heterocycles. The Morgan fingerprint density at radius 2 is 1.75 bits per heavy atom. The van der Waals surface area contributed by atoms with E-state index >= 15 is 0 Å². The van der Waals surface area contributed by atoms with Crippen molar-refractivity contribution in [1.82, 2.24) is 15.0 Å². The fraction of sp³-hybridized carbons (Fsp3) is 0.238. The summed E-state index contributed by atoms with van der Waals surface area (Å²) in [6.45, 7) is 2.37. The highest BCUT2D eigenvalue weighted by molar-refractivity contribution is 5.76. The highest BCUT2D eigenvalue weighted by Crippen LogP contribution is 2.36. The molecule has 1 aliphatic rings. The first-order valence-electron chi connectivity index (χ1n) is 9.96. The van der Waals surface area contributed by atoms with Gasteiger partial charge in [-0.15, -0.1) is 0 Å². The number of pyridine rings is 1. The molecule has 3 heterocycles. The first-order chi connectivity index (χ1) is 15.5. The van der Waals surface area contributed by atoms with Crippen LogP contribution < -0.4 is 20.3 Å². The zero-order valence-corrected chi connectivity index (χ0v) is 17.1. The zero-order valence-electron chi connectivity index (χ0n) is 17.1. The molecular formula is C21H21N7O4. The van der Waals surface area contributed by atoms with Gasteiger partial charge in [0.05, 0.1) is 11.3 Å². The van der Waals surface area contributed by atoms with E-state index in [1.54, 1.807) is 30.5 Å². The molecule has 1 amide bonds. The number of anilines is 2. The molecule has 2 aromatic heterocycles. The lowest BCUT2D eigenvalue weighted by Gasteiger charge is -2.35. The van der Waals surface area contributed by atoms with E-state index in [1.807, 2.05) is 23.1 Å². The number of rotatable bonds is 7. The van der Waals surface area contributed by atoms with Crippen LogP contribution in [0.1, 0.15) is 5.56 Å².